The Morgan fingerprint density at radius 3 is 2.28 bits per heavy atom. The predicted molar refractivity (Wildman–Crippen MR) is 110 cm³/mol. The molecule has 3 aromatic rings. The quantitative estimate of drug-likeness (QED) is 0.643. The van der Waals surface area contributed by atoms with Crippen LogP contribution in [0, 0.1) is 11.6 Å². The van der Waals surface area contributed by atoms with Gasteiger partial charge in [-0.3, -0.25) is 4.79 Å². The van der Waals surface area contributed by atoms with Crippen LogP contribution in [0.15, 0.2) is 60.8 Å². The number of halogens is 2. The Morgan fingerprint density at radius 2 is 1.62 bits per heavy atom. The summed E-state index contributed by atoms with van der Waals surface area (Å²) in [7, 11) is 0. The standard InChI is InChI=1S/C22H20F2N4O/c23-19-9-6-17(13-20(19)24)26-21-10-3-15(14-25-21)22(29)27-16-4-7-18(8-5-16)28-11-1-2-12-28/h3-10,13-14H,1-2,11-12H2,(H,25,26)(H,27,29). The molecule has 5 nitrogen and oxygen atoms in total. The van der Waals surface area contributed by atoms with Crippen molar-refractivity contribution in [1.82, 2.24) is 4.98 Å². The van der Waals surface area contributed by atoms with E-state index in [4.69, 9.17) is 0 Å². The minimum atomic E-state index is -0.943. The van der Waals surface area contributed by atoms with Crippen molar-refractivity contribution in [3.63, 3.8) is 0 Å². The molecule has 1 aliphatic rings. The van der Waals surface area contributed by atoms with Crippen molar-refractivity contribution in [1.29, 1.82) is 0 Å². The molecule has 0 unspecified atom stereocenters. The van der Waals surface area contributed by atoms with Gasteiger partial charge in [-0.2, -0.15) is 0 Å². The lowest BCUT2D eigenvalue weighted by Gasteiger charge is -2.17. The van der Waals surface area contributed by atoms with Crippen molar-refractivity contribution in [2.45, 2.75) is 12.8 Å². The van der Waals surface area contributed by atoms with Crippen molar-refractivity contribution in [2.24, 2.45) is 0 Å². The summed E-state index contributed by atoms with van der Waals surface area (Å²) in [6.07, 6.45) is 3.86. The second-order valence-corrected chi connectivity index (χ2v) is 6.88. The first-order chi connectivity index (χ1) is 14.1. The highest BCUT2D eigenvalue weighted by atomic mass is 19.2. The number of anilines is 4. The van der Waals surface area contributed by atoms with Crippen LogP contribution in [0.1, 0.15) is 23.2 Å². The molecule has 0 radical (unpaired) electrons. The first kappa shape index (κ1) is 18.9. The van der Waals surface area contributed by atoms with Gasteiger partial charge in [0, 0.05) is 42.4 Å². The summed E-state index contributed by atoms with van der Waals surface area (Å²) in [6, 6.07) is 14.5. The van der Waals surface area contributed by atoms with Gasteiger partial charge in [-0.05, 0) is 61.4 Å². The van der Waals surface area contributed by atoms with Crippen LogP contribution in [0.4, 0.5) is 31.7 Å². The average molecular weight is 394 g/mol. The molecule has 0 aliphatic carbocycles. The van der Waals surface area contributed by atoms with E-state index in [0.29, 0.717) is 22.8 Å². The van der Waals surface area contributed by atoms with Gasteiger partial charge >= 0.3 is 0 Å². The number of hydrogen-bond acceptors (Lipinski definition) is 4. The van der Waals surface area contributed by atoms with E-state index in [1.54, 1.807) is 12.1 Å². The number of rotatable bonds is 5. The number of benzene rings is 2. The molecule has 0 atom stereocenters. The molecular weight excluding hydrogens is 374 g/mol. The molecule has 1 aliphatic heterocycles. The summed E-state index contributed by atoms with van der Waals surface area (Å²) in [4.78, 5) is 18.9. The maximum Gasteiger partial charge on any atom is 0.257 e. The monoisotopic (exact) mass is 394 g/mol. The van der Waals surface area contributed by atoms with Gasteiger partial charge in [-0.15, -0.1) is 0 Å². The van der Waals surface area contributed by atoms with Gasteiger partial charge in [0.25, 0.3) is 5.91 Å². The summed E-state index contributed by atoms with van der Waals surface area (Å²) < 4.78 is 26.3. The summed E-state index contributed by atoms with van der Waals surface area (Å²) in [5.41, 5.74) is 2.63. The van der Waals surface area contributed by atoms with E-state index in [9.17, 15) is 13.6 Å². The zero-order valence-electron chi connectivity index (χ0n) is 15.7. The molecule has 2 heterocycles. The van der Waals surface area contributed by atoms with Crippen molar-refractivity contribution in [3.05, 3.63) is 78.0 Å². The zero-order chi connectivity index (χ0) is 20.2. The second kappa shape index (κ2) is 8.26. The maximum atomic E-state index is 13.3. The molecule has 4 rings (SSSR count). The van der Waals surface area contributed by atoms with Crippen molar-refractivity contribution >= 4 is 28.8 Å². The molecule has 0 spiro atoms. The largest absolute Gasteiger partial charge is 0.372 e. The van der Waals surface area contributed by atoms with Gasteiger partial charge in [0.1, 0.15) is 5.82 Å². The minimum absolute atomic E-state index is 0.272. The maximum absolute atomic E-state index is 13.3. The van der Waals surface area contributed by atoms with E-state index in [1.807, 2.05) is 24.3 Å². The molecule has 1 fully saturated rings. The van der Waals surface area contributed by atoms with Gasteiger partial charge in [0.15, 0.2) is 11.6 Å². The van der Waals surface area contributed by atoms with Crippen LogP contribution in [0.2, 0.25) is 0 Å². The molecule has 2 aromatic carbocycles. The van der Waals surface area contributed by atoms with Crippen LogP contribution in [-0.2, 0) is 0 Å². The molecule has 1 aromatic heterocycles. The van der Waals surface area contributed by atoms with Crippen molar-refractivity contribution in [3.8, 4) is 0 Å². The minimum Gasteiger partial charge on any atom is -0.372 e. The summed E-state index contributed by atoms with van der Waals surface area (Å²) in [5, 5.41) is 5.72. The number of amides is 1. The number of carbonyl (C=O) groups is 1. The Labute approximate surface area is 167 Å². The smallest absolute Gasteiger partial charge is 0.257 e. The Morgan fingerprint density at radius 1 is 0.897 bits per heavy atom. The highest BCUT2D eigenvalue weighted by Gasteiger charge is 2.12. The molecular formula is C22H20F2N4O. The highest BCUT2D eigenvalue weighted by Crippen LogP contribution is 2.22. The fourth-order valence-corrected chi connectivity index (χ4v) is 3.26. The fourth-order valence-electron chi connectivity index (χ4n) is 3.26. The highest BCUT2D eigenvalue weighted by molar-refractivity contribution is 6.04. The molecule has 0 bridgehead atoms. The third kappa shape index (κ3) is 4.51. The van der Waals surface area contributed by atoms with Gasteiger partial charge in [0.05, 0.1) is 5.56 Å². The number of aromatic nitrogens is 1. The first-order valence-corrected chi connectivity index (χ1v) is 9.43. The summed E-state index contributed by atoms with van der Waals surface area (Å²) in [6.45, 7) is 2.14. The van der Waals surface area contributed by atoms with E-state index in [-0.39, 0.29) is 5.91 Å². The normalized spacial score (nSPS) is 13.4. The second-order valence-electron chi connectivity index (χ2n) is 6.88. The Hall–Kier alpha value is -3.48. The van der Waals surface area contributed by atoms with E-state index < -0.39 is 11.6 Å². The van der Waals surface area contributed by atoms with E-state index in [2.05, 4.69) is 20.5 Å². The fraction of sp³-hybridized carbons (Fsp3) is 0.182. The molecule has 29 heavy (non-hydrogen) atoms. The Kier molecular flexibility index (Phi) is 5.37. The Bertz CT molecular complexity index is 1000. The number of hydrogen-bond donors (Lipinski definition) is 2. The number of nitrogens with zero attached hydrogens (tertiary/aromatic N) is 2. The third-order valence-electron chi connectivity index (χ3n) is 4.81. The molecule has 1 saturated heterocycles. The molecule has 148 valence electrons. The Balaban J connectivity index is 1.38. The van der Waals surface area contributed by atoms with E-state index >= 15 is 0 Å². The first-order valence-electron chi connectivity index (χ1n) is 9.43. The van der Waals surface area contributed by atoms with Crippen LogP contribution < -0.4 is 15.5 Å². The lowest BCUT2D eigenvalue weighted by Crippen LogP contribution is -2.17. The predicted octanol–water partition coefficient (Wildman–Crippen LogP) is 4.96. The van der Waals surface area contributed by atoms with Gasteiger partial charge in [0.2, 0.25) is 0 Å². The van der Waals surface area contributed by atoms with Gasteiger partial charge < -0.3 is 15.5 Å². The molecule has 1 amide bonds. The van der Waals surface area contributed by atoms with Gasteiger partial charge in [-0.25, -0.2) is 13.8 Å². The zero-order valence-corrected chi connectivity index (χ0v) is 15.7. The van der Waals surface area contributed by atoms with Crippen LogP contribution >= 0.6 is 0 Å². The van der Waals surface area contributed by atoms with E-state index in [0.717, 1.165) is 30.9 Å². The SMILES string of the molecule is O=C(Nc1ccc(N2CCCC2)cc1)c1ccc(Nc2ccc(F)c(F)c2)nc1. The molecule has 7 heteroatoms. The number of carbonyl (C=O) groups excluding carboxylic acids is 1. The topological polar surface area (TPSA) is 57.3 Å². The molecule has 2 N–H and O–H groups in total. The average Bonchev–Trinajstić information content (AvgIpc) is 3.27. The number of nitrogens with one attached hydrogen (secondary N) is 2. The van der Waals surface area contributed by atoms with Crippen LogP contribution in [-0.4, -0.2) is 24.0 Å². The van der Waals surface area contributed by atoms with Gasteiger partial charge in [-0.1, -0.05) is 0 Å². The third-order valence-corrected chi connectivity index (χ3v) is 4.81. The summed E-state index contributed by atoms with van der Waals surface area (Å²) in [5.74, 6) is -1.71. The van der Waals surface area contributed by atoms with Crippen molar-refractivity contribution < 1.29 is 13.6 Å². The number of pyridine rings is 1. The molecule has 0 saturated carbocycles. The lowest BCUT2D eigenvalue weighted by molar-refractivity contribution is 0.102. The lowest BCUT2D eigenvalue weighted by atomic mass is 10.2. The van der Waals surface area contributed by atoms with Crippen LogP contribution in [0.25, 0.3) is 0 Å². The summed E-state index contributed by atoms with van der Waals surface area (Å²) >= 11 is 0. The van der Waals surface area contributed by atoms with Crippen molar-refractivity contribution in [2.75, 3.05) is 28.6 Å². The van der Waals surface area contributed by atoms with E-state index in [1.165, 1.54) is 25.1 Å². The van der Waals surface area contributed by atoms with Crippen LogP contribution in [0.3, 0.4) is 0 Å². The van der Waals surface area contributed by atoms with Crippen LogP contribution in [0.5, 0.6) is 0 Å².